The van der Waals surface area contributed by atoms with Crippen molar-refractivity contribution in [3.8, 4) is 0 Å². The quantitative estimate of drug-likeness (QED) is 0.685. The molecule has 1 heterocycles. The summed E-state index contributed by atoms with van der Waals surface area (Å²) in [5.74, 6) is 0.0205. The average Bonchev–Trinajstić information content (AvgIpc) is 2.64. The summed E-state index contributed by atoms with van der Waals surface area (Å²) < 4.78 is 9.57. The number of ketones is 1. The van der Waals surface area contributed by atoms with Crippen LogP contribution in [-0.4, -0.2) is 38.0 Å². The highest BCUT2D eigenvalue weighted by atomic mass is 16.6. The summed E-state index contributed by atoms with van der Waals surface area (Å²) in [4.78, 5) is 22.4. The number of methoxy groups -OCH3 is 1. The molecule has 0 aromatic rings. The zero-order valence-electron chi connectivity index (χ0n) is 9.07. The van der Waals surface area contributed by atoms with Crippen LogP contribution < -0.4 is 10.6 Å². The summed E-state index contributed by atoms with van der Waals surface area (Å²) in [7, 11) is 1.26. The number of carbonyl (C=O) groups excluding carboxylic acids is 2. The Morgan fingerprint density at radius 1 is 1.53 bits per heavy atom. The third kappa shape index (κ3) is 3.17. The van der Waals surface area contributed by atoms with Crippen LogP contribution in [0.5, 0.6) is 0 Å². The number of carbonyl (C=O) groups is 2. The standard InChI is InChI=1S/C9H16N2O4/c1-5(2)7(12)6-4-15-8(10-6)11-9(13)14-3/h5-6,8,10H,4H2,1-3H3,(H,11,13)/t6-,8-/m0/s1. The van der Waals surface area contributed by atoms with Crippen molar-refractivity contribution in [3.63, 3.8) is 0 Å². The number of hydrogen-bond acceptors (Lipinski definition) is 5. The predicted octanol–water partition coefficient (Wildman–Crippen LogP) is -0.160. The summed E-state index contributed by atoms with van der Waals surface area (Å²) in [6.07, 6.45) is -1.24. The molecule has 86 valence electrons. The summed E-state index contributed by atoms with van der Waals surface area (Å²) >= 11 is 0. The molecule has 15 heavy (non-hydrogen) atoms. The van der Waals surface area contributed by atoms with Crippen LogP contribution in [0, 0.1) is 5.92 Å². The molecule has 0 unspecified atom stereocenters. The molecule has 6 nitrogen and oxygen atoms in total. The number of amides is 1. The molecule has 2 atom stereocenters. The van der Waals surface area contributed by atoms with E-state index in [2.05, 4.69) is 15.4 Å². The van der Waals surface area contributed by atoms with Crippen molar-refractivity contribution >= 4 is 11.9 Å². The number of ether oxygens (including phenoxy) is 2. The Kier molecular flexibility index (Phi) is 4.05. The molecule has 0 aliphatic carbocycles. The van der Waals surface area contributed by atoms with Crippen LogP contribution in [0.1, 0.15) is 13.8 Å². The number of rotatable bonds is 3. The first-order chi connectivity index (χ1) is 7.04. The summed E-state index contributed by atoms with van der Waals surface area (Å²) in [6, 6.07) is -0.354. The minimum atomic E-state index is -0.648. The van der Waals surface area contributed by atoms with Crippen molar-refractivity contribution in [2.24, 2.45) is 5.92 Å². The zero-order valence-corrected chi connectivity index (χ0v) is 9.07. The Morgan fingerprint density at radius 2 is 2.20 bits per heavy atom. The highest BCUT2D eigenvalue weighted by molar-refractivity contribution is 5.86. The van der Waals surface area contributed by atoms with Gasteiger partial charge in [-0.1, -0.05) is 13.8 Å². The molecule has 0 bridgehead atoms. The molecule has 1 amide bonds. The highest BCUT2D eigenvalue weighted by Crippen LogP contribution is 2.07. The normalized spacial score (nSPS) is 25.3. The van der Waals surface area contributed by atoms with E-state index in [-0.39, 0.29) is 24.3 Å². The van der Waals surface area contributed by atoms with E-state index in [0.717, 1.165) is 0 Å². The highest BCUT2D eigenvalue weighted by Gasteiger charge is 2.31. The van der Waals surface area contributed by atoms with Crippen molar-refractivity contribution in [2.45, 2.75) is 26.2 Å². The van der Waals surface area contributed by atoms with Gasteiger partial charge in [-0.2, -0.15) is 0 Å². The fourth-order valence-electron chi connectivity index (χ4n) is 1.29. The van der Waals surface area contributed by atoms with Crippen molar-refractivity contribution in [3.05, 3.63) is 0 Å². The van der Waals surface area contributed by atoms with Gasteiger partial charge in [-0.05, 0) is 0 Å². The Bertz CT molecular complexity index is 254. The second-order valence-corrected chi connectivity index (χ2v) is 3.63. The van der Waals surface area contributed by atoms with Gasteiger partial charge in [0.05, 0.1) is 19.8 Å². The lowest BCUT2D eigenvalue weighted by atomic mass is 10.0. The van der Waals surface area contributed by atoms with Crippen molar-refractivity contribution in [1.82, 2.24) is 10.6 Å². The minimum absolute atomic E-state index is 0.0528. The van der Waals surface area contributed by atoms with Crippen LogP contribution in [-0.2, 0) is 14.3 Å². The first-order valence-electron chi connectivity index (χ1n) is 4.80. The third-order valence-electron chi connectivity index (χ3n) is 2.13. The van der Waals surface area contributed by atoms with Gasteiger partial charge in [0.25, 0.3) is 0 Å². The summed E-state index contributed by atoms with van der Waals surface area (Å²) in [5.41, 5.74) is 0. The lowest BCUT2D eigenvalue weighted by Crippen LogP contribution is -2.47. The molecule has 0 saturated carbocycles. The van der Waals surface area contributed by atoms with E-state index < -0.39 is 12.4 Å². The van der Waals surface area contributed by atoms with Crippen molar-refractivity contribution < 1.29 is 19.1 Å². The van der Waals surface area contributed by atoms with Gasteiger partial charge in [-0.25, -0.2) is 4.79 Å². The maximum Gasteiger partial charge on any atom is 0.409 e. The van der Waals surface area contributed by atoms with Gasteiger partial charge in [0.1, 0.15) is 0 Å². The number of Topliss-reactive ketones (excluding diaryl/α,β-unsaturated/α-hetero) is 1. The Morgan fingerprint density at radius 3 is 2.73 bits per heavy atom. The second-order valence-electron chi connectivity index (χ2n) is 3.63. The zero-order chi connectivity index (χ0) is 11.4. The number of alkyl carbamates (subject to hydrolysis) is 1. The Hall–Kier alpha value is -1.14. The van der Waals surface area contributed by atoms with Gasteiger partial charge >= 0.3 is 6.09 Å². The molecule has 0 spiro atoms. The molecule has 1 rings (SSSR count). The maximum absolute atomic E-state index is 11.6. The van der Waals surface area contributed by atoms with Crippen LogP contribution >= 0.6 is 0 Å². The average molecular weight is 216 g/mol. The van der Waals surface area contributed by atoms with Gasteiger partial charge < -0.3 is 9.47 Å². The van der Waals surface area contributed by atoms with E-state index in [1.165, 1.54) is 7.11 Å². The fourth-order valence-corrected chi connectivity index (χ4v) is 1.29. The van der Waals surface area contributed by atoms with E-state index in [9.17, 15) is 9.59 Å². The lowest BCUT2D eigenvalue weighted by Gasteiger charge is -2.13. The van der Waals surface area contributed by atoms with Gasteiger partial charge in [0, 0.05) is 5.92 Å². The van der Waals surface area contributed by atoms with Crippen molar-refractivity contribution in [2.75, 3.05) is 13.7 Å². The van der Waals surface area contributed by atoms with Gasteiger partial charge in [0.2, 0.25) is 0 Å². The summed E-state index contributed by atoms with van der Waals surface area (Å²) in [6.45, 7) is 3.92. The van der Waals surface area contributed by atoms with E-state index in [1.54, 1.807) is 0 Å². The smallest absolute Gasteiger partial charge is 0.409 e. The first kappa shape index (κ1) is 11.9. The van der Waals surface area contributed by atoms with E-state index in [0.29, 0.717) is 0 Å². The molecule has 0 aromatic heterocycles. The largest absolute Gasteiger partial charge is 0.453 e. The number of hydrogen-bond donors (Lipinski definition) is 2. The lowest BCUT2D eigenvalue weighted by molar-refractivity contribution is -0.123. The van der Waals surface area contributed by atoms with Gasteiger partial charge in [-0.15, -0.1) is 0 Å². The summed E-state index contributed by atoms with van der Waals surface area (Å²) in [5, 5.41) is 5.26. The molecule has 1 saturated heterocycles. The van der Waals surface area contributed by atoms with E-state index >= 15 is 0 Å². The molecule has 2 N–H and O–H groups in total. The third-order valence-corrected chi connectivity index (χ3v) is 2.13. The maximum atomic E-state index is 11.6. The minimum Gasteiger partial charge on any atom is -0.453 e. The molecule has 1 aliphatic rings. The fraction of sp³-hybridized carbons (Fsp3) is 0.778. The number of nitrogens with one attached hydrogen (secondary N) is 2. The van der Waals surface area contributed by atoms with Crippen LogP contribution in [0.15, 0.2) is 0 Å². The molecular formula is C9H16N2O4. The van der Waals surface area contributed by atoms with Gasteiger partial charge in [0.15, 0.2) is 12.1 Å². The van der Waals surface area contributed by atoms with Crippen LogP contribution in [0.25, 0.3) is 0 Å². The molecule has 0 radical (unpaired) electrons. The molecule has 1 fully saturated rings. The molecular weight excluding hydrogens is 200 g/mol. The molecule has 0 aromatic carbocycles. The Labute approximate surface area is 88.3 Å². The van der Waals surface area contributed by atoms with Crippen LogP contribution in [0.2, 0.25) is 0 Å². The van der Waals surface area contributed by atoms with Crippen LogP contribution in [0.4, 0.5) is 4.79 Å². The van der Waals surface area contributed by atoms with E-state index in [1.807, 2.05) is 13.8 Å². The molecule has 1 aliphatic heterocycles. The van der Waals surface area contributed by atoms with Crippen molar-refractivity contribution in [1.29, 1.82) is 0 Å². The monoisotopic (exact) mass is 216 g/mol. The van der Waals surface area contributed by atoms with E-state index in [4.69, 9.17) is 4.74 Å². The first-order valence-corrected chi connectivity index (χ1v) is 4.80. The van der Waals surface area contributed by atoms with Gasteiger partial charge in [-0.3, -0.25) is 15.4 Å². The topological polar surface area (TPSA) is 76.7 Å². The second kappa shape index (κ2) is 5.09. The predicted molar refractivity (Wildman–Crippen MR) is 52.0 cm³/mol. The van der Waals surface area contributed by atoms with Crippen LogP contribution in [0.3, 0.4) is 0 Å². The Balaban J connectivity index is 2.39. The SMILES string of the molecule is COC(=O)N[C@@H]1N[C@H](C(=O)C(C)C)CO1. The molecule has 6 heteroatoms.